The summed E-state index contributed by atoms with van der Waals surface area (Å²) in [6.07, 6.45) is 2.62. The zero-order chi connectivity index (χ0) is 24.3. The number of aromatic nitrogens is 7. The Kier molecular flexibility index (Phi) is 6.50. The average Bonchev–Trinajstić information content (AvgIpc) is 3.32. The number of hydrogen-bond donors (Lipinski definition) is 0. The van der Waals surface area contributed by atoms with E-state index in [1.54, 1.807) is 19.1 Å². The van der Waals surface area contributed by atoms with Gasteiger partial charge in [-0.15, -0.1) is 0 Å². The van der Waals surface area contributed by atoms with Gasteiger partial charge in [0, 0.05) is 35.4 Å². The molecular formula is C21H16ClF3N8O. The number of alkyl halides is 3. The van der Waals surface area contributed by atoms with Gasteiger partial charge >= 0.3 is 6.18 Å². The van der Waals surface area contributed by atoms with Crippen LogP contribution in [0.1, 0.15) is 40.5 Å². The molecule has 3 heterocycles. The predicted octanol–water partition coefficient (Wildman–Crippen LogP) is 3.92. The molecular weight excluding hydrogens is 473 g/mol. The minimum atomic E-state index is -4.68. The number of carbonyl (C=O) groups excluding carboxylic acids is 1. The van der Waals surface area contributed by atoms with E-state index in [2.05, 4.69) is 30.0 Å². The molecule has 3 aromatic heterocycles. The van der Waals surface area contributed by atoms with Crippen LogP contribution in [-0.2, 0) is 12.7 Å². The largest absolute Gasteiger partial charge is 0.416 e. The SMILES string of the molecule is CC(c1ncnn1-c1ncccn1)N(Cc1ncccn1)C(=O)c1cc(Cl)cc(C(F)(F)F)c1. The van der Waals surface area contributed by atoms with Crippen molar-refractivity contribution in [1.29, 1.82) is 0 Å². The fourth-order valence-electron chi connectivity index (χ4n) is 3.22. The molecule has 0 spiro atoms. The highest BCUT2D eigenvalue weighted by atomic mass is 35.5. The lowest BCUT2D eigenvalue weighted by Gasteiger charge is -2.28. The van der Waals surface area contributed by atoms with Crippen LogP contribution in [0.2, 0.25) is 5.02 Å². The number of halogens is 4. The monoisotopic (exact) mass is 488 g/mol. The molecule has 13 heteroatoms. The van der Waals surface area contributed by atoms with E-state index in [0.717, 1.165) is 12.1 Å². The van der Waals surface area contributed by atoms with Gasteiger partial charge in [0.25, 0.3) is 11.9 Å². The predicted molar refractivity (Wildman–Crippen MR) is 114 cm³/mol. The third-order valence-electron chi connectivity index (χ3n) is 4.82. The van der Waals surface area contributed by atoms with Crippen LogP contribution in [0.3, 0.4) is 0 Å². The molecule has 0 aliphatic heterocycles. The molecule has 0 fully saturated rings. The van der Waals surface area contributed by atoms with E-state index >= 15 is 0 Å². The summed E-state index contributed by atoms with van der Waals surface area (Å²) in [7, 11) is 0. The Morgan fingerprint density at radius 2 is 1.68 bits per heavy atom. The lowest BCUT2D eigenvalue weighted by Crippen LogP contribution is -2.35. The summed E-state index contributed by atoms with van der Waals surface area (Å²) in [5.74, 6) is 0.0557. The summed E-state index contributed by atoms with van der Waals surface area (Å²) in [6, 6.07) is 5.14. The number of hydrogen-bond acceptors (Lipinski definition) is 7. The molecule has 1 unspecified atom stereocenters. The van der Waals surface area contributed by atoms with Crippen LogP contribution in [0.15, 0.2) is 61.4 Å². The van der Waals surface area contributed by atoms with Gasteiger partial charge in [0.05, 0.1) is 18.2 Å². The van der Waals surface area contributed by atoms with Crippen LogP contribution in [-0.4, -0.2) is 45.5 Å². The van der Waals surface area contributed by atoms with Crippen LogP contribution >= 0.6 is 11.6 Å². The second-order valence-corrected chi connectivity index (χ2v) is 7.52. The second kappa shape index (κ2) is 9.51. The highest BCUT2D eigenvalue weighted by Gasteiger charge is 2.34. The van der Waals surface area contributed by atoms with Crippen LogP contribution < -0.4 is 0 Å². The Balaban J connectivity index is 1.76. The van der Waals surface area contributed by atoms with Crippen molar-refractivity contribution in [3.05, 3.63) is 89.2 Å². The molecule has 0 saturated carbocycles. The van der Waals surface area contributed by atoms with E-state index in [-0.39, 0.29) is 34.7 Å². The summed E-state index contributed by atoms with van der Waals surface area (Å²) < 4.78 is 41.4. The van der Waals surface area contributed by atoms with Crippen molar-refractivity contribution in [2.45, 2.75) is 25.7 Å². The lowest BCUT2D eigenvalue weighted by atomic mass is 10.1. The maximum atomic E-state index is 13.5. The van der Waals surface area contributed by atoms with Gasteiger partial charge < -0.3 is 4.90 Å². The van der Waals surface area contributed by atoms with Crippen LogP contribution in [0.4, 0.5) is 13.2 Å². The lowest BCUT2D eigenvalue weighted by molar-refractivity contribution is -0.137. The number of benzene rings is 1. The van der Waals surface area contributed by atoms with E-state index in [4.69, 9.17) is 11.6 Å². The molecule has 1 amide bonds. The minimum Gasteiger partial charge on any atom is -0.321 e. The molecule has 0 N–H and O–H groups in total. The van der Waals surface area contributed by atoms with Gasteiger partial charge in [-0.3, -0.25) is 4.79 Å². The molecule has 1 aromatic carbocycles. The summed E-state index contributed by atoms with van der Waals surface area (Å²) in [6.45, 7) is 1.54. The van der Waals surface area contributed by atoms with Gasteiger partial charge in [-0.25, -0.2) is 24.9 Å². The topological polar surface area (TPSA) is 103 Å². The van der Waals surface area contributed by atoms with Gasteiger partial charge in [-0.1, -0.05) is 11.6 Å². The summed E-state index contributed by atoms with van der Waals surface area (Å²) in [4.78, 5) is 35.6. The summed E-state index contributed by atoms with van der Waals surface area (Å²) in [5, 5.41) is 3.91. The summed E-state index contributed by atoms with van der Waals surface area (Å²) in [5.41, 5.74) is -1.28. The van der Waals surface area contributed by atoms with Crippen molar-refractivity contribution in [2.75, 3.05) is 0 Å². The van der Waals surface area contributed by atoms with Gasteiger partial charge in [-0.05, 0) is 37.3 Å². The molecule has 9 nitrogen and oxygen atoms in total. The van der Waals surface area contributed by atoms with Crippen molar-refractivity contribution >= 4 is 17.5 Å². The maximum absolute atomic E-state index is 13.5. The Hall–Kier alpha value is -3.93. The normalized spacial score (nSPS) is 12.4. The molecule has 174 valence electrons. The van der Waals surface area contributed by atoms with E-state index in [1.807, 2.05) is 0 Å². The molecule has 0 aliphatic carbocycles. The van der Waals surface area contributed by atoms with Gasteiger partial charge in [0.15, 0.2) is 5.82 Å². The van der Waals surface area contributed by atoms with Gasteiger partial charge in [0.2, 0.25) is 0 Å². The second-order valence-electron chi connectivity index (χ2n) is 7.08. The summed E-state index contributed by atoms with van der Waals surface area (Å²) >= 11 is 5.91. The Morgan fingerprint density at radius 1 is 1.03 bits per heavy atom. The van der Waals surface area contributed by atoms with Crippen LogP contribution in [0, 0.1) is 0 Å². The Morgan fingerprint density at radius 3 is 2.32 bits per heavy atom. The average molecular weight is 489 g/mol. The van der Waals surface area contributed by atoms with E-state index in [0.29, 0.717) is 0 Å². The number of rotatable bonds is 6. The number of carbonyl (C=O) groups is 1. The van der Waals surface area contributed by atoms with Crippen molar-refractivity contribution in [3.63, 3.8) is 0 Å². The Bertz CT molecular complexity index is 1280. The van der Waals surface area contributed by atoms with E-state index in [1.165, 1.54) is 46.8 Å². The molecule has 0 radical (unpaired) electrons. The van der Waals surface area contributed by atoms with Gasteiger partial charge in [0.1, 0.15) is 12.2 Å². The van der Waals surface area contributed by atoms with Gasteiger partial charge in [-0.2, -0.15) is 23.0 Å². The molecule has 0 aliphatic rings. The molecule has 0 bridgehead atoms. The highest BCUT2D eigenvalue weighted by Crippen LogP contribution is 2.33. The van der Waals surface area contributed by atoms with E-state index < -0.39 is 23.7 Å². The first kappa shape index (κ1) is 23.2. The quantitative estimate of drug-likeness (QED) is 0.405. The fourth-order valence-corrected chi connectivity index (χ4v) is 3.46. The third kappa shape index (κ3) is 5.01. The van der Waals surface area contributed by atoms with Crippen LogP contribution in [0.25, 0.3) is 5.95 Å². The number of nitrogens with zero attached hydrogens (tertiary/aromatic N) is 8. The molecule has 1 atom stereocenters. The fraction of sp³-hybridized carbons (Fsp3) is 0.190. The zero-order valence-corrected chi connectivity index (χ0v) is 18.3. The molecule has 4 rings (SSSR count). The first-order valence-corrected chi connectivity index (χ1v) is 10.2. The Labute approximate surface area is 196 Å². The van der Waals surface area contributed by atoms with Crippen molar-refractivity contribution in [1.82, 2.24) is 39.6 Å². The smallest absolute Gasteiger partial charge is 0.321 e. The van der Waals surface area contributed by atoms with Crippen molar-refractivity contribution < 1.29 is 18.0 Å². The van der Waals surface area contributed by atoms with Crippen LogP contribution in [0.5, 0.6) is 0 Å². The molecule has 0 saturated heterocycles. The minimum absolute atomic E-state index is 0.114. The number of amides is 1. The van der Waals surface area contributed by atoms with Crippen molar-refractivity contribution in [2.24, 2.45) is 0 Å². The highest BCUT2D eigenvalue weighted by molar-refractivity contribution is 6.31. The van der Waals surface area contributed by atoms with Crippen molar-refractivity contribution in [3.8, 4) is 5.95 Å². The first-order chi connectivity index (χ1) is 16.2. The maximum Gasteiger partial charge on any atom is 0.416 e. The molecule has 4 aromatic rings. The zero-order valence-electron chi connectivity index (χ0n) is 17.6. The molecule has 34 heavy (non-hydrogen) atoms. The first-order valence-electron chi connectivity index (χ1n) is 9.86. The standard InChI is InChI=1S/C21H16ClF3N8O/c1-13(18-30-12-31-33(18)20-28-6-3-7-29-20)32(11-17-26-4-2-5-27-17)19(34)14-8-15(21(23,24)25)10-16(22)9-14/h2-10,12-13H,11H2,1H3. The van der Waals surface area contributed by atoms with E-state index in [9.17, 15) is 18.0 Å². The third-order valence-corrected chi connectivity index (χ3v) is 5.04.